The lowest BCUT2D eigenvalue weighted by molar-refractivity contribution is 0.590. The van der Waals surface area contributed by atoms with E-state index in [1.54, 1.807) is 23.1 Å². The molecular formula is C20H19N5S2. The highest BCUT2D eigenvalue weighted by molar-refractivity contribution is 7.99. The minimum absolute atomic E-state index is 0.794. The number of rotatable bonds is 3. The standard InChI is InChI=1S/C20H19N5S2/c1-13-21-18-17(15(12-26-18)14-8-4-2-5-9-14)19(22-13)27-20-24-23-16-10-6-3-7-11-25(16)20/h2,4-5,8-9,12H,3,6-7,10-11H2,1H3. The highest BCUT2D eigenvalue weighted by Gasteiger charge is 2.20. The molecule has 0 spiro atoms. The second kappa shape index (κ2) is 7.05. The van der Waals surface area contributed by atoms with Crippen LogP contribution in [0.5, 0.6) is 0 Å². The van der Waals surface area contributed by atoms with Crippen molar-refractivity contribution >= 4 is 33.3 Å². The van der Waals surface area contributed by atoms with E-state index in [0.717, 1.165) is 45.0 Å². The Bertz CT molecular complexity index is 1100. The van der Waals surface area contributed by atoms with Crippen molar-refractivity contribution in [3.63, 3.8) is 0 Å². The molecule has 0 saturated heterocycles. The SMILES string of the molecule is Cc1nc(Sc2nnc3n2CCCCC3)c2c(-c3ccccc3)csc2n1. The van der Waals surface area contributed by atoms with Gasteiger partial charge in [0.15, 0.2) is 5.16 Å². The van der Waals surface area contributed by atoms with E-state index in [9.17, 15) is 0 Å². The molecule has 0 saturated carbocycles. The highest BCUT2D eigenvalue weighted by atomic mass is 32.2. The average molecular weight is 394 g/mol. The molecule has 0 amide bonds. The van der Waals surface area contributed by atoms with Crippen LogP contribution in [0.3, 0.4) is 0 Å². The maximum absolute atomic E-state index is 4.78. The Morgan fingerprint density at radius 1 is 1.04 bits per heavy atom. The van der Waals surface area contributed by atoms with Gasteiger partial charge in [0.25, 0.3) is 0 Å². The number of thiophene rings is 1. The fourth-order valence-electron chi connectivity index (χ4n) is 3.54. The normalized spacial score (nSPS) is 14.3. The summed E-state index contributed by atoms with van der Waals surface area (Å²) in [4.78, 5) is 10.5. The summed E-state index contributed by atoms with van der Waals surface area (Å²) in [5, 5.41) is 14.1. The predicted octanol–water partition coefficient (Wildman–Crippen LogP) is 5.14. The summed E-state index contributed by atoms with van der Waals surface area (Å²) >= 11 is 3.29. The quantitative estimate of drug-likeness (QED) is 0.451. The summed E-state index contributed by atoms with van der Waals surface area (Å²) in [6, 6.07) is 10.5. The van der Waals surface area contributed by atoms with Gasteiger partial charge in [0, 0.05) is 23.9 Å². The van der Waals surface area contributed by atoms with E-state index in [1.807, 2.05) is 13.0 Å². The first-order chi connectivity index (χ1) is 13.3. The van der Waals surface area contributed by atoms with Crippen LogP contribution in [0, 0.1) is 6.92 Å². The zero-order valence-electron chi connectivity index (χ0n) is 15.1. The minimum Gasteiger partial charge on any atom is -0.306 e. The third kappa shape index (κ3) is 3.15. The van der Waals surface area contributed by atoms with Gasteiger partial charge in [0.05, 0.1) is 5.39 Å². The monoisotopic (exact) mass is 393 g/mol. The number of hydrogen-bond acceptors (Lipinski definition) is 6. The summed E-state index contributed by atoms with van der Waals surface area (Å²) in [5.74, 6) is 1.90. The molecule has 0 unspecified atom stereocenters. The van der Waals surface area contributed by atoms with Crippen LogP contribution >= 0.6 is 23.1 Å². The number of hydrogen-bond donors (Lipinski definition) is 0. The van der Waals surface area contributed by atoms with Crippen LogP contribution in [-0.4, -0.2) is 24.7 Å². The number of aromatic nitrogens is 5. The number of nitrogens with zero attached hydrogens (tertiary/aromatic N) is 5. The Labute approximate surface area is 165 Å². The Kier molecular flexibility index (Phi) is 4.41. The second-order valence-corrected chi connectivity index (χ2v) is 8.55. The van der Waals surface area contributed by atoms with Crippen molar-refractivity contribution < 1.29 is 0 Å². The average Bonchev–Trinajstić information content (AvgIpc) is 3.19. The number of aryl methyl sites for hydroxylation is 2. The lowest BCUT2D eigenvalue weighted by Crippen LogP contribution is -2.02. The Balaban J connectivity index is 1.63. The van der Waals surface area contributed by atoms with Gasteiger partial charge in [-0.25, -0.2) is 9.97 Å². The molecule has 4 aromatic rings. The van der Waals surface area contributed by atoms with Gasteiger partial charge in [-0.1, -0.05) is 36.8 Å². The summed E-state index contributed by atoms with van der Waals surface area (Å²) in [6.07, 6.45) is 4.65. The van der Waals surface area contributed by atoms with Crippen LogP contribution in [0.15, 0.2) is 45.9 Å². The molecule has 4 heterocycles. The summed E-state index contributed by atoms with van der Waals surface area (Å²) in [6.45, 7) is 2.95. The molecule has 1 aromatic carbocycles. The maximum Gasteiger partial charge on any atom is 0.197 e. The lowest BCUT2D eigenvalue weighted by atomic mass is 10.1. The molecule has 5 rings (SSSR count). The van der Waals surface area contributed by atoms with Gasteiger partial charge in [-0.05, 0) is 37.1 Å². The fraction of sp³-hybridized carbons (Fsp3) is 0.300. The van der Waals surface area contributed by atoms with Crippen molar-refractivity contribution in [2.45, 2.75) is 49.3 Å². The predicted molar refractivity (Wildman–Crippen MR) is 109 cm³/mol. The van der Waals surface area contributed by atoms with E-state index in [-0.39, 0.29) is 0 Å². The Hall–Kier alpha value is -2.25. The molecule has 3 aromatic heterocycles. The van der Waals surface area contributed by atoms with Crippen molar-refractivity contribution in [2.75, 3.05) is 0 Å². The van der Waals surface area contributed by atoms with Gasteiger partial charge in [-0.15, -0.1) is 21.5 Å². The van der Waals surface area contributed by atoms with Gasteiger partial charge in [-0.2, -0.15) is 0 Å². The van der Waals surface area contributed by atoms with E-state index < -0.39 is 0 Å². The molecule has 136 valence electrons. The van der Waals surface area contributed by atoms with Crippen molar-refractivity contribution in [3.8, 4) is 11.1 Å². The third-order valence-electron chi connectivity index (χ3n) is 4.86. The Morgan fingerprint density at radius 2 is 1.93 bits per heavy atom. The van der Waals surface area contributed by atoms with Gasteiger partial charge >= 0.3 is 0 Å². The summed E-state index contributed by atoms with van der Waals surface area (Å²) < 4.78 is 2.27. The molecule has 5 nitrogen and oxygen atoms in total. The molecule has 0 fully saturated rings. The molecule has 0 aliphatic carbocycles. The molecule has 27 heavy (non-hydrogen) atoms. The molecule has 0 atom stereocenters. The molecule has 0 radical (unpaired) electrons. The van der Waals surface area contributed by atoms with Crippen LogP contribution in [0.1, 0.15) is 30.9 Å². The van der Waals surface area contributed by atoms with Crippen molar-refractivity contribution in [1.82, 2.24) is 24.7 Å². The van der Waals surface area contributed by atoms with E-state index in [2.05, 4.69) is 49.4 Å². The first kappa shape index (κ1) is 16.9. The van der Waals surface area contributed by atoms with Crippen LogP contribution in [0.4, 0.5) is 0 Å². The van der Waals surface area contributed by atoms with Crippen molar-refractivity contribution in [2.24, 2.45) is 0 Å². The van der Waals surface area contributed by atoms with E-state index in [0.29, 0.717) is 0 Å². The zero-order valence-corrected chi connectivity index (χ0v) is 16.7. The zero-order chi connectivity index (χ0) is 18.2. The van der Waals surface area contributed by atoms with Gasteiger partial charge in [0.1, 0.15) is 21.5 Å². The summed E-state index contributed by atoms with van der Waals surface area (Å²) in [7, 11) is 0. The maximum atomic E-state index is 4.78. The molecule has 1 aliphatic heterocycles. The first-order valence-electron chi connectivity index (χ1n) is 9.21. The van der Waals surface area contributed by atoms with Crippen LogP contribution in [0.25, 0.3) is 21.3 Å². The minimum atomic E-state index is 0.794. The smallest absolute Gasteiger partial charge is 0.197 e. The van der Waals surface area contributed by atoms with Gasteiger partial charge in [0.2, 0.25) is 0 Å². The molecule has 1 aliphatic rings. The first-order valence-corrected chi connectivity index (χ1v) is 10.9. The second-order valence-electron chi connectivity index (χ2n) is 6.73. The number of benzene rings is 1. The lowest BCUT2D eigenvalue weighted by Gasteiger charge is -2.08. The van der Waals surface area contributed by atoms with Gasteiger partial charge in [-0.3, -0.25) is 0 Å². The molecule has 7 heteroatoms. The topological polar surface area (TPSA) is 56.5 Å². The largest absolute Gasteiger partial charge is 0.306 e. The van der Waals surface area contributed by atoms with E-state index in [1.165, 1.54) is 30.4 Å². The molecule has 0 N–H and O–H groups in total. The third-order valence-corrected chi connectivity index (χ3v) is 6.71. The highest BCUT2D eigenvalue weighted by Crippen LogP contribution is 2.40. The fourth-order valence-corrected chi connectivity index (χ4v) is 5.64. The van der Waals surface area contributed by atoms with E-state index >= 15 is 0 Å². The van der Waals surface area contributed by atoms with Crippen LogP contribution < -0.4 is 0 Å². The van der Waals surface area contributed by atoms with Crippen LogP contribution in [-0.2, 0) is 13.0 Å². The Morgan fingerprint density at radius 3 is 2.81 bits per heavy atom. The molecular weight excluding hydrogens is 374 g/mol. The van der Waals surface area contributed by atoms with E-state index in [4.69, 9.17) is 4.98 Å². The summed E-state index contributed by atoms with van der Waals surface area (Å²) in [5.41, 5.74) is 2.38. The van der Waals surface area contributed by atoms with Crippen LogP contribution in [0.2, 0.25) is 0 Å². The molecule has 0 bridgehead atoms. The van der Waals surface area contributed by atoms with Gasteiger partial charge < -0.3 is 4.57 Å². The van der Waals surface area contributed by atoms with Crippen molar-refractivity contribution in [3.05, 3.63) is 47.4 Å². The van der Waals surface area contributed by atoms with Crippen molar-refractivity contribution in [1.29, 1.82) is 0 Å². The number of fused-ring (bicyclic) bond motifs is 2.